The summed E-state index contributed by atoms with van der Waals surface area (Å²) >= 11 is 0. The molecule has 1 aromatic carbocycles. The van der Waals surface area contributed by atoms with Gasteiger partial charge in [-0.1, -0.05) is 24.3 Å². The van der Waals surface area contributed by atoms with Crippen LogP contribution >= 0.6 is 0 Å². The Morgan fingerprint density at radius 3 is 2.78 bits per heavy atom. The van der Waals surface area contributed by atoms with E-state index in [9.17, 15) is 14.4 Å². The lowest BCUT2D eigenvalue weighted by atomic mass is 9.92. The molecule has 0 radical (unpaired) electrons. The Bertz CT molecular complexity index is 935. The Morgan fingerprint density at radius 1 is 1.26 bits per heavy atom. The van der Waals surface area contributed by atoms with E-state index in [1.807, 2.05) is 37.3 Å². The second-order valence-corrected chi connectivity index (χ2v) is 7.15. The van der Waals surface area contributed by atoms with Crippen molar-refractivity contribution in [3.8, 4) is 0 Å². The summed E-state index contributed by atoms with van der Waals surface area (Å²) in [6.07, 6.45) is 1.24. The van der Waals surface area contributed by atoms with E-state index < -0.39 is 11.6 Å². The second kappa shape index (κ2) is 6.26. The van der Waals surface area contributed by atoms with Gasteiger partial charge >= 0.3 is 6.03 Å². The highest BCUT2D eigenvalue weighted by atomic mass is 16.3. The normalized spacial score (nSPS) is 20.9. The van der Waals surface area contributed by atoms with Crippen LogP contribution in [0.4, 0.5) is 4.79 Å². The van der Waals surface area contributed by atoms with Gasteiger partial charge in [0.05, 0.1) is 6.54 Å². The molecule has 1 aliphatic heterocycles. The van der Waals surface area contributed by atoms with Crippen LogP contribution in [0, 0.1) is 6.92 Å². The van der Waals surface area contributed by atoms with Gasteiger partial charge in [0.2, 0.25) is 5.91 Å². The topological polar surface area (TPSA) is 82.9 Å². The number of hydrogen-bond acceptors (Lipinski definition) is 4. The minimum absolute atomic E-state index is 0.282. The molecule has 4 rings (SSSR count). The van der Waals surface area contributed by atoms with Gasteiger partial charge in [-0.3, -0.25) is 14.5 Å². The summed E-state index contributed by atoms with van der Waals surface area (Å²) in [5.74, 6) is 0.743. The highest BCUT2D eigenvalue weighted by molar-refractivity contribution is 6.09. The van der Waals surface area contributed by atoms with Gasteiger partial charge in [0.25, 0.3) is 5.91 Å². The lowest BCUT2D eigenvalue weighted by Gasteiger charge is -2.23. The molecule has 2 heterocycles. The Morgan fingerprint density at radius 2 is 2.04 bits per heavy atom. The number of furan rings is 1. The maximum absolute atomic E-state index is 13.1. The van der Waals surface area contributed by atoms with Crippen LogP contribution in [0.3, 0.4) is 0 Å². The van der Waals surface area contributed by atoms with Crippen LogP contribution in [0.25, 0.3) is 0 Å². The summed E-state index contributed by atoms with van der Waals surface area (Å²) in [7, 11) is 1.62. The van der Waals surface area contributed by atoms with Crippen LogP contribution in [0.1, 0.15) is 29.1 Å². The van der Waals surface area contributed by atoms with Crippen molar-refractivity contribution >= 4 is 17.8 Å². The van der Waals surface area contributed by atoms with Gasteiger partial charge in [0, 0.05) is 7.05 Å². The largest absolute Gasteiger partial charge is 0.464 e. The van der Waals surface area contributed by atoms with Gasteiger partial charge in [-0.25, -0.2) is 4.79 Å². The Balaban J connectivity index is 1.49. The molecule has 7 nitrogen and oxygen atoms in total. The van der Waals surface area contributed by atoms with Crippen molar-refractivity contribution in [2.24, 2.45) is 0 Å². The molecule has 7 heteroatoms. The molecule has 140 valence electrons. The number of carbonyl (C=O) groups excluding carboxylic acids is 3. The molecular formula is C20H21N3O4. The molecule has 27 heavy (non-hydrogen) atoms. The number of rotatable bonds is 4. The number of nitrogens with one attached hydrogen (secondary N) is 1. The number of nitrogens with zero attached hydrogens (tertiary/aromatic N) is 2. The first-order chi connectivity index (χ1) is 12.9. The first-order valence-electron chi connectivity index (χ1n) is 8.92. The van der Waals surface area contributed by atoms with Crippen molar-refractivity contribution in [3.05, 3.63) is 59.0 Å². The third-order valence-electron chi connectivity index (χ3n) is 5.33. The van der Waals surface area contributed by atoms with Crippen molar-refractivity contribution < 1.29 is 18.8 Å². The smallest absolute Gasteiger partial charge is 0.325 e. The maximum Gasteiger partial charge on any atom is 0.325 e. The molecular weight excluding hydrogens is 346 g/mol. The number of likely N-dealkylation sites (N-methyl/N-ethyl adjacent to an activating group) is 1. The number of carbonyl (C=O) groups is 3. The average Bonchev–Trinajstić information content (AvgIpc) is 3.29. The fraction of sp³-hybridized carbons (Fsp3) is 0.350. The van der Waals surface area contributed by atoms with E-state index in [2.05, 4.69) is 5.32 Å². The maximum atomic E-state index is 13.1. The molecule has 0 unspecified atom stereocenters. The zero-order valence-electron chi connectivity index (χ0n) is 15.3. The minimum Gasteiger partial charge on any atom is -0.464 e. The van der Waals surface area contributed by atoms with Gasteiger partial charge in [0.1, 0.15) is 23.6 Å². The van der Waals surface area contributed by atoms with Crippen molar-refractivity contribution in [1.29, 1.82) is 0 Å². The van der Waals surface area contributed by atoms with E-state index in [0.29, 0.717) is 12.2 Å². The molecule has 1 N–H and O–H groups in total. The standard InChI is InChI=1S/C20H21N3O4/c1-13-7-8-15(27-13)11-22(2)17(24)12-23-18(25)20(21-19(23)26)10-9-14-5-3-4-6-16(14)20/h3-8H,9-12H2,1-2H3,(H,21,26)/t20-/m0/s1. The molecule has 1 aromatic heterocycles. The number of benzene rings is 1. The summed E-state index contributed by atoms with van der Waals surface area (Å²) in [6.45, 7) is 1.83. The van der Waals surface area contributed by atoms with Crippen LogP contribution in [-0.2, 0) is 28.1 Å². The summed E-state index contributed by atoms with van der Waals surface area (Å²) in [5.41, 5.74) is 0.854. The molecule has 1 saturated heterocycles. The molecule has 0 bridgehead atoms. The Hall–Kier alpha value is -3.09. The van der Waals surface area contributed by atoms with Crippen molar-refractivity contribution in [1.82, 2.24) is 15.1 Å². The number of hydrogen-bond donors (Lipinski definition) is 1. The average molecular weight is 367 g/mol. The molecule has 1 atom stereocenters. The zero-order valence-corrected chi connectivity index (χ0v) is 15.3. The highest BCUT2D eigenvalue weighted by Crippen LogP contribution is 2.41. The molecule has 1 spiro atoms. The summed E-state index contributed by atoms with van der Waals surface area (Å²) in [4.78, 5) is 40.6. The van der Waals surface area contributed by atoms with Crippen LogP contribution in [0.5, 0.6) is 0 Å². The number of aryl methyl sites for hydroxylation is 2. The van der Waals surface area contributed by atoms with E-state index in [0.717, 1.165) is 28.2 Å². The lowest BCUT2D eigenvalue weighted by Crippen LogP contribution is -2.44. The van der Waals surface area contributed by atoms with E-state index in [4.69, 9.17) is 4.42 Å². The molecule has 0 saturated carbocycles. The van der Waals surface area contributed by atoms with Crippen molar-refractivity contribution in [2.45, 2.75) is 31.8 Å². The molecule has 1 aliphatic carbocycles. The third kappa shape index (κ3) is 2.79. The third-order valence-corrected chi connectivity index (χ3v) is 5.33. The number of urea groups is 1. The second-order valence-electron chi connectivity index (χ2n) is 7.15. The zero-order chi connectivity index (χ0) is 19.2. The van der Waals surface area contributed by atoms with Gasteiger partial charge in [-0.05, 0) is 43.0 Å². The first-order valence-corrected chi connectivity index (χ1v) is 8.92. The van der Waals surface area contributed by atoms with E-state index in [-0.39, 0.29) is 24.9 Å². The van der Waals surface area contributed by atoms with E-state index in [1.165, 1.54) is 4.90 Å². The van der Waals surface area contributed by atoms with Gasteiger partial charge in [0.15, 0.2) is 0 Å². The summed E-state index contributed by atoms with van der Waals surface area (Å²) < 4.78 is 5.48. The molecule has 2 aliphatic rings. The van der Waals surface area contributed by atoms with Gasteiger partial charge in [-0.2, -0.15) is 0 Å². The van der Waals surface area contributed by atoms with E-state index >= 15 is 0 Å². The summed E-state index contributed by atoms with van der Waals surface area (Å²) in [5, 5.41) is 2.83. The number of amides is 4. The van der Waals surface area contributed by atoms with Crippen LogP contribution < -0.4 is 5.32 Å². The monoisotopic (exact) mass is 367 g/mol. The van der Waals surface area contributed by atoms with Crippen LogP contribution in [0.2, 0.25) is 0 Å². The fourth-order valence-corrected chi connectivity index (χ4v) is 3.88. The quantitative estimate of drug-likeness (QED) is 0.837. The predicted molar refractivity (Wildman–Crippen MR) is 96.6 cm³/mol. The van der Waals surface area contributed by atoms with Crippen LogP contribution in [-0.4, -0.2) is 41.2 Å². The molecule has 2 aromatic rings. The van der Waals surface area contributed by atoms with Crippen molar-refractivity contribution in [2.75, 3.05) is 13.6 Å². The number of imide groups is 1. The van der Waals surface area contributed by atoms with Gasteiger partial charge in [-0.15, -0.1) is 0 Å². The molecule has 4 amide bonds. The number of fused-ring (bicyclic) bond motifs is 2. The predicted octanol–water partition coefficient (Wildman–Crippen LogP) is 1.94. The minimum atomic E-state index is -1.04. The Kier molecular flexibility index (Phi) is 4.02. The fourth-order valence-electron chi connectivity index (χ4n) is 3.88. The SMILES string of the molecule is Cc1ccc(CN(C)C(=O)CN2C(=O)N[C@]3(CCc4ccccc43)C2=O)o1. The van der Waals surface area contributed by atoms with E-state index in [1.54, 1.807) is 13.1 Å². The highest BCUT2D eigenvalue weighted by Gasteiger charge is 2.55. The van der Waals surface area contributed by atoms with Crippen molar-refractivity contribution in [3.63, 3.8) is 0 Å². The lowest BCUT2D eigenvalue weighted by molar-refractivity contribution is -0.138. The first kappa shape index (κ1) is 17.3. The van der Waals surface area contributed by atoms with Crippen LogP contribution in [0.15, 0.2) is 40.8 Å². The Labute approximate surface area is 156 Å². The van der Waals surface area contributed by atoms with Gasteiger partial charge < -0.3 is 14.6 Å². The summed E-state index contributed by atoms with van der Waals surface area (Å²) in [6, 6.07) is 10.7. The molecule has 1 fully saturated rings.